The van der Waals surface area contributed by atoms with Gasteiger partial charge >= 0.3 is 0 Å². The van der Waals surface area contributed by atoms with E-state index in [1.54, 1.807) is 13.0 Å². The lowest BCUT2D eigenvalue weighted by molar-refractivity contribution is 0.611. The maximum atomic E-state index is 13.3. The van der Waals surface area contributed by atoms with Crippen molar-refractivity contribution in [3.63, 3.8) is 0 Å². The lowest BCUT2D eigenvalue weighted by Gasteiger charge is -2.17. The number of benzene rings is 2. The predicted octanol–water partition coefficient (Wildman–Crippen LogP) is 4.50. The molecule has 0 aliphatic rings. The fourth-order valence-corrected chi connectivity index (χ4v) is 3.28. The molecular formula is C17H20FNS. The third-order valence-corrected chi connectivity index (χ3v) is 4.43. The van der Waals surface area contributed by atoms with Crippen LogP contribution in [0.5, 0.6) is 0 Å². The van der Waals surface area contributed by atoms with Crippen molar-refractivity contribution >= 4 is 11.8 Å². The van der Waals surface area contributed by atoms with Crippen molar-refractivity contribution in [2.24, 2.45) is 0 Å². The second kappa shape index (κ2) is 6.91. The SMILES string of the molecule is CNC(CSc1cccc(C)c1)c1ccc(F)c(C)c1. The van der Waals surface area contributed by atoms with Crippen LogP contribution in [0.15, 0.2) is 47.4 Å². The second-order valence-electron chi connectivity index (χ2n) is 4.98. The molecule has 0 saturated heterocycles. The van der Waals surface area contributed by atoms with Gasteiger partial charge in [-0.2, -0.15) is 0 Å². The molecule has 0 aliphatic carbocycles. The van der Waals surface area contributed by atoms with Crippen LogP contribution in [0.1, 0.15) is 22.7 Å². The van der Waals surface area contributed by atoms with Gasteiger partial charge in [-0.3, -0.25) is 0 Å². The topological polar surface area (TPSA) is 12.0 Å². The van der Waals surface area contributed by atoms with Crippen LogP contribution in [-0.2, 0) is 0 Å². The highest BCUT2D eigenvalue weighted by molar-refractivity contribution is 7.99. The summed E-state index contributed by atoms with van der Waals surface area (Å²) >= 11 is 1.82. The number of nitrogens with one attached hydrogen (secondary N) is 1. The van der Waals surface area contributed by atoms with E-state index in [1.165, 1.54) is 10.5 Å². The normalized spacial score (nSPS) is 12.4. The van der Waals surface area contributed by atoms with Gasteiger partial charge in [0, 0.05) is 16.7 Å². The standard InChI is InChI=1S/C17H20FNS/c1-12-5-4-6-15(9-12)20-11-17(19-3)14-7-8-16(18)13(2)10-14/h4-10,17,19H,11H2,1-3H3. The van der Waals surface area contributed by atoms with Crippen molar-refractivity contribution in [1.82, 2.24) is 5.32 Å². The molecule has 0 saturated carbocycles. The van der Waals surface area contributed by atoms with E-state index < -0.39 is 0 Å². The number of rotatable bonds is 5. The highest BCUT2D eigenvalue weighted by Crippen LogP contribution is 2.26. The zero-order valence-corrected chi connectivity index (χ0v) is 12.9. The Morgan fingerprint density at radius 2 is 1.95 bits per heavy atom. The Balaban J connectivity index is 2.07. The molecule has 0 amide bonds. The van der Waals surface area contributed by atoms with Gasteiger partial charge in [-0.05, 0) is 50.2 Å². The first-order valence-electron chi connectivity index (χ1n) is 6.73. The van der Waals surface area contributed by atoms with Gasteiger partial charge < -0.3 is 5.32 Å². The van der Waals surface area contributed by atoms with Gasteiger partial charge in [0.1, 0.15) is 5.82 Å². The van der Waals surface area contributed by atoms with Gasteiger partial charge in [0.15, 0.2) is 0 Å². The Kier molecular flexibility index (Phi) is 5.21. The molecule has 2 aromatic rings. The lowest BCUT2D eigenvalue weighted by atomic mass is 10.1. The van der Waals surface area contributed by atoms with E-state index in [4.69, 9.17) is 0 Å². The van der Waals surface area contributed by atoms with Gasteiger partial charge in [-0.15, -0.1) is 11.8 Å². The predicted molar refractivity (Wildman–Crippen MR) is 84.8 cm³/mol. The molecule has 1 N–H and O–H groups in total. The molecule has 2 aromatic carbocycles. The maximum Gasteiger partial charge on any atom is 0.126 e. The molecular weight excluding hydrogens is 269 g/mol. The minimum Gasteiger partial charge on any atom is -0.312 e. The Labute approximate surface area is 124 Å². The molecule has 0 fully saturated rings. The summed E-state index contributed by atoms with van der Waals surface area (Å²) in [5.74, 6) is 0.778. The lowest BCUT2D eigenvalue weighted by Crippen LogP contribution is -2.18. The van der Waals surface area contributed by atoms with Crippen LogP contribution in [0.25, 0.3) is 0 Å². The average molecular weight is 289 g/mol. The molecule has 0 spiro atoms. The molecule has 1 unspecified atom stereocenters. The van der Waals surface area contributed by atoms with Crippen molar-refractivity contribution in [2.75, 3.05) is 12.8 Å². The number of hydrogen-bond donors (Lipinski definition) is 1. The summed E-state index contributed by atoms with van der Waals surface area (Å²) < 4.78 is 13.3. The van der Waals surface area contributed by atoms with Crippen LogP contribution in [0, 0.1) is 19.7 Å². The van der Waals surface area contributed by atoms with Gasteiger partial charge in [-0.1, -0.05) is 29.8 Å². The minimum atomic E-state index is -0.144. The molecule has 0 aromatic heterocycles. The molecule has 1 nitrogen and oxygen atoms in total. The number of hydrogen-bond acceptors (Lipinski definition) is 2. The van der Waals surface area contributed by atoms with Crippen molar-refractivity contribution < 1.29 is 4.39 Å². The van der Waals surface area contributed by atoms with Crippen LogP contribution in [0.3, 0.4) is 0 Å². The van der Waals surface area contributed by atoms with E-state index in [0.29, 0.717) is 5.56 Å². The zero-order valence-electron chi connectivity index (χ0n) is 12.1. The smallest absolute Gasteiger partial charge is 0.126 e. The summed E-state index contributed by atoms with van der Waals surface area (Å²) in [6.07, 6.45) is 0. The fourth-order valence-electron chi connectivity index (χ4n) is 2.12. The van der Waals surface area contributed by atoms with E-state index in [-0.39, 0.29) is 11.9 Å². The summed E-state index contributed by atoms with van der Waals surface area (Å²) in [5.41, 5.74) is 3.10. The molecule has 2 rings (SSSR count). The van der Waals surface area contributed by atoms with E-state index in [9.17, 15) is 4.39 Å². The van der Waals surface area contributed by atoms with Crippen molar-refractivity contribution in [1.29, 1.82) is 0 Å². The second-order valence-corrected chi connectivity index (χ2v) is 6.07. The van der Waals surface area contributed by atoms with Crippen LogP contribution in [-0.4, -0.2) is 12.8 Å². The summed E-state index contributed by atoms with van der Waals surface area (Å²) in [5, 5.41) is 3.31. The highest BCUT2D eigenvalue weighted by Gasteiger charge is 2.11. The van der Waals surface area contributed by atoms with Gasteiger partial charge in [0.25, 0.3) is 0 Å². The average Bonchev–Trinajstić information content (AvgIpc) is 2.43. The van der Waals surface area contributed by atoms with Gasteiger partial charge in [0.05, 0.1) is 0 Å². The third-order valence-electron chi connectivity index (χ3n) is 3.34. The number of halogens is 1. The molecule has 0 heterocycles. The Hall–Kier alpha value is -1.32. The monoisotopic (exact) mass is 289 g/mol. The zero-order chi connectivity index (χ0) is 14.5. The van der Waals surface area contributed by atoms with Gasteiger partial charge in [-0.25, -0.2) is 4.39 Å². The highest BCUT2D eigenvalue weighted by atomic mass is 32.2. The first-order valence-corrected chi connectivity index (χ1v) is 7.71. The van der Waals surface area contributed by atoms with Crippen molar-refractivity contribution in [3.05, 3.63) is 65.0 Å². The Morgan fingerprint density at radius 3 is 2.60 bits per heavy atom. The van der Waals surface area contributed by atoms with Gasteiger partial charge in [0.2, 0.25) is 0 Å². The van der Waals surface area contributed by atoms with E-state index in [2.05, 4.69) is 36.5 Å². The van der Waals surface area contributed by atoms with Crippen LogP contribution < -0.4 is 5.32 Å². The molecule has 0 radical (unpaired) electrons. The first-order chi connectivity index (χ1) is 9.60. The van der Waals surface area contributed by atoms with E-state index in [0.717, 1.165) is 11.3 Å². The van der Waals surface area contributed by atoms with E-state index in [1.807, 2.05) is 30.9 Å². The molecule has 1 atom stereocenters. The largest absolute Gasteiger partial charge is 0.312 e. The quantitative estimate of drug-likeness (QED) is 0.814. The molecule has 0 bridgehead atoms. The minimum absolute atomic E-state index is 0.144. The molecule has 3 heteroatoms. The molecule has 106 valence electrons. The fraction of sp³-hybridized carbons (Fsp3) is 0.294. The molecule has 20 heavy (non-hydrogen) atoms. The summed E-state index contributed by atoms with van der Waals surface area (Å²) in [6.45, 7) is 3.90. The van der Waals surface area contributed by atoms with Crippen molar-refractivity contribution in [3.8, 4) is 0 Å². The number of aryl methyl sites for hydroxylation is 2. The first kappa shape index (κ1) is 15.1. The Morgan fingerprint density at radius 1 is 1.15 bits per heavy atom. The third kappa shape index (κ3) is 3.84. The van der Waals surface area contributed by atoms with E-state index >= 15 is 0 Å². The van der Waals surface area contributed by atoms with Crippen LogP contribution in [0.4, 0.5) is 4.39 Å². The molecule has 0 aliphatic heterocycles. The summed E-state index contributed by atoms with van der Waals surface area (Å²) in [6, 6.07) is 14.0. The van der Waals surface area contributed by atoms with Crippen LogP contribution >= 0.6 is 11.8 Å². The summed E-state index contributed by atoms with van der Waals surface area (Å²) in [7, 11) is 1.94. The number of thioether (sulfide) groups is 1. The maximum absolute atomic E-state index is 13.3. The Bertz CT molecular complexity index is 583. The van der Waals surface area contributed by atoms with Crippen molar-refractivity contribution in [2.45, 2.75) is 24.8 Å². The van der Waals surface area contributed by atoms with Crippen LogP contribution in [0.2, 0.25) is 0 Å². The summed E-state index contributed by atoms with van der Waals surface area (Å²) in [4.78, 5) is 1.27.